The minimum Gasteiger partial charge on any atom is -0.508 e. The van der Waals surface area contributed by atoms with Gasteiger partial charge in [-0.05, 0) is 50.0 Å². The van der Waals surface area contributed by atoms with Gasteiger partial charge in [0.15, 0.2) is 0 Å². The molecule has 1 saturated heterocycles. The van der Waals surface area contributed by atoms with E-state index in [1.807, 2.05) is 6.07 Å². The van der Waals surface area contributed by atoms with Crippen LogP contribution in [-0.4, -0.2) is 25.3 Å². The molecule has 0 saturated carbocycles. The Bertz CT molecular complexity index is 332. The third-order valence-corrected chi connectivity index (χ3v) is 3.01. The third kappa shape index (κ3) is 2.23. The number of methoxy groups -OCH3 is 1. The summed E-state index contributed by atoms with van der Waals surface area (Å²) in [5.41, 5.74) is 1.02. The summed E-state index contributed by atoms with van der Waals surface area (Å²) >= 11 is 0. The Kier molecular flexibility index (Phi) is 3.11. The van der Waals surface area contributed by atoms with Gasteiger partial charge in [0.05, 0.1) is 7.11 Å². The molecule has 3 heteroatoms. The molecule has 1 aliphatic rings. The molecule has 2 rings (SSSR count). The molecule has 3 nitrogen and oxygen atoms in total. The van der Waals surface area contributed by atoms with Crippen LogP contribution in [0.15, 0.2) is 18.2 Å². The Hall–Kier alpha value is -1.22. The average molecular weight is 207 g/mol. The predicted molar refractivity (Wildman–Crippen MR) is 59.5 cm³/mol. The molecular formula is C12H17NO2. The standard InChI is InChI=1S/C12H17NO2/c1-15-10-2-3-12(14)11(8-10)9-4-6-13-7-5-9/h2-3,8-9,13-14H,4-7H2,1H3. The van der Waals surface area contributed by atoms with Crippen LogP contribution in [-0.2, 0) is 0 Å². The Labute approximate surface area is 90.1 Å². The minimum atomic E-state index is 0.391. The zero-order valence-corrected chi connectivity index (χ0v) is 8.99. The second-order valence-electron chi connectivity index (χ2n) is 3.95. The molecule has 0 amide bonds. The van der Waals surface area contributed by atoms with Gasteiger partial charge in [-0.15, -0.1) is 0 Å². The fourth-order valence-corrected chi connectivity index (χ4v) is 2.12. The molecule has 15 heavy (non-hydrogen) atoms. The first-order valence-corrected chi connectivity index (χ1v) is 5.39. The summed E-state index contributed by atoms with van der Waals surface area (Å²) in [6.07, 6.45) is 2.17. The molecule has 82 valence electrons. The summed E-state index contributed by atoms with van der Waals surface area (Å²) in [5, 5.41) is 13.1. The van der Waals surface area contributed by atoms with Crippen molar-refractivity contribution in [3.05, 3.63) is 23.8 Å². The van der Waals surface area contributed by atoms with Gasteiger partial charge in [0, 0.05) is 5.56 Å². The zero-order chi connectivity index (χ0) is 10.7. The van der Waals surface area contributed by atoms with Gasteiger partial charge in [-0.2, -0.15) is 0 Å². The molecule has 0 radical (unpaired) electrons. The summed E-state index contributed by atoms with van der Waals surface area (Å²) in [7, 11) is 1.65. The molecule has 1 aromatic rings. The Morgan fingerprint density at radius 3 is 2.73 bits per heavy atom. The fourth-order valence-electron chi connectivity index (χ4n) is 2.12. The van der Waals surface area contributed by atoms with Crippen LogP contribution in [0.5, 0.6) is 11.5 Å². The van der Waals surface area contributed by atoms with E-state index >= 15 is 0 Å². The van der Waals surface area contributed by atoms with E-state index in [2.05, 4.69) is 5.32 Å². The fraction of sp³-hybridized carbons (Fsp3) is 0.500. The number of phenolic OH excluding ortho intramolecular Hbond substituents is 1. The van der Waals surface area contributed by atoms with Gasteiger partial charge in [0.25, 0.3) is 0 Å². The van der Waals surface area contributed by atoms with E-state index in [1.54, 1.807) is 19.2 Å². The van der Waals surface area contributed by atoms with E-state index < -0.39 is 0 Å². The highest BCUT2D eigenvalue weighted by atomic mass is 16.5. The van der Waals surface area contributed by atoms with E-state index in [9.17, 15) is 5.11 Å². The molecule has 1 fully saturated rings. The van der Waals surface area contributed by atoms with Gasteiger partial charge >= 0.3 is 0 Å². The SMILES string of the molecule is COc1ccc(O)c(C2CCNCC2)c1. The smallest absolute Gasteiger partial charge is 0.119 e. The summed E-state index contributed by atoms with van der Waals surface area (Å²) in [6.45, 7) is 2.06. The molecule has 0 aliphatic carbocycles. The molecule has 0 unspecified atom stereocenters. The Morgan fingerprint density at radius 1 is 1.33 bits per heavy atom. The lowest BCUT2D eigenvalue weighted by atomic mass is 9.89. The number of piperidine rings is 1. The number of rotatable bonds is 2. The van der Waals surface area contributed by atoms with Crippen LogP contribution in [0.2, 0.25) is 0 Å². The predicted octanol–water partition coefficient (Wildman–Crippen LogP) is 1.87. The van der Waals surface area contributed by atoms with Gasteiger partial charge in [-0.1, -0.05) is 0 Å². The maximum absolute atomic E-state index is 9.81. The van der Waals surface area contributed by atoms with Gasteiger partial charge < -0.3 is 15.2 Å². The van der Waals surface area contributed by atoms with Crippen molar-refractivity contribution in [3.63, 3.8) is 0 Å². The topological polar surface area (TPSA) is 41.5 Å². The molecular weight excluding hydrogens is 190 g/mol. The van der Waals surface area contributed by atoms with Crippen molar-refractivity contribution in [1.82, 2.24) is 5.32 Å². The second kappa shape index (κ2) is 4.53. The third-order valence-electron chi connectivity index (χ3n) is 3.01. The van der Waals surface area contributed by atoms with Crippen LogP contribution in [0.4, 0.5) is 0 Å². The number of phenols is 1. The van der Waals surface area contributed by atoms with Crippen LogP contribution < -0.4 is 10.1 Å². The van der Waals surface area contributed by atoms with E-state index in [0.717, 1.165) is 37.2 Å². The number of benzene rings is 1. The van der Waals surface area contributed by atoms with Crippen LogP contribution >= 0.6 is 0 Å². The first-order valence-electron chi connectivity index (χ1n) is 5.39. The van der Waals surface area contributed by atoms with E-state index in [-0.39, 0.29) is 0 Å². The Balaban J connectivity index is 2.24. The summed E-state index contributed by atoms with van der Waals surface area (Å²) in [4.78, 5) is 0. The van der Waals surface area contributed by atoms with Crippen molar-refractivity contribution in [3.8, 4) is 11.5 Å². The summed E-state index contributed by atoms with van der Waals surface area (Å²) < 4.78 is 5.17. The normalized spacial score (nSPS) is 17.7. The number of ether oxygens (including phenoxy) is 1. The molecule has 0 bridgehead atoms. The van der Waals surface area contributed by atoms with Crippen molar-refractivity contribution in [2.24, 2.45) is 0 Å². The Morgan fingerprint density at radius 2 is 2.07 bits per heavy atom. The van der Waals surface area contributed by atoms with Gasteiger partial charge in [0.2, 0.25) is 0 Å². The van der Waals surface area contributed by atoms with Crippen LogP contribution in [0, 0.1) is 0 Å². The van der Waals surface area contributed by atoms with Gasteiger partial charge in [-0.25, -0.2) is 0 Å². The van der Waals surface area contributed by atoms with Crippen LogP contribution in [0.3, 0.4) is 0 Å². The maximum atomic E-state index is 9.81. The summed E-state index contributed by atoms with van der Waals surface area (Å²) in [5.74, 6) is 1.67. The van der Waals surface area contributed by atoms with Crippen molar-refractivity contribution in [1.29, 1.82) is 0 Å². The number of nitrogens with one attached hydrogen (secondary N) is 1. The maximum Gasteiger partial charge on any atom is 0.119 e. The van der Waals surface area contributed by atoms with Crippen molar-refractivity contribution in [2.75, 3.05) is 20.2 Å². The molecule has 0 atom stereocenters. The van der Waals surface area contributed by atoms with Gasteiger partial charge in [0.1, 0.15) is 11.5 Å². The highest BCUT2D eigenvalue weighted by Crippen LogP contribution is 2.34. The zero-order valence-electron chi connectivity index (χ0n) is 8.99. The molecule has 2 N–H and O–H groups in total. The molecule has 1 heterocycles. The minimum absolute atomic E-state index is 0.391. The molecule has 0 spiro atoms. The molecule has 0 aromatic heterocycles. The number of hydrogen-bond acceptors (Lipinski definition) is 3. The van der Waals surface area contributed by atoms with Crippen LogP contribution in [0.1, 0.15) is 24.3 Å². The van der Waals surface area contributed by atoms with E-state index in [4.69, 9.17) is 4.74 Å². The molecule has 1 aromatic carbocycles. The molecule has 1 aliphatic heterocycles. The van der Waals surface area contributed by atoms with E-state index in [1.165, 1.54) is 0 Å². The lowest BCUT2D eigenvalue weighted by Crippen LogP contribution is -2.26. The van der Waals surface area contributed by atoms with Crippen LogP contribution in [0.25, 0.3) is 0 Å². The monoisotopic (exact) mass is 207 g/mol. The van der Waals surface area contributed by atoms with Gasteiger partial charge in [-0.3, -0.25) is 0 Å². The first-order chi connectivity index (χ1) is 7.31. The summed E-state index contributed by atoms with van der Waals surface area (Å²) in [6, 6.07) is 5.46. The second-order valence-corrected chi connectivity index (χ2v) is 3.95. The highest BCUT2D eigenvalue weighted by Gasteiger charge is 2.18. The van der Waals surface area contributed by atoms with Crippen molar-refractivity contribution < 1.29 is 9.84 Å². The quantitative estimate of drug-likeness (QED) is 0.778. The first kappa shape index (κ1) is 10.3. The van der Waals surface area contributed by atoms with Crippen molar-refractivity contribution >= 4 is 0 Å². The van der Waals surface area contributed by atoms with E-state index in [0.29, 0.717) is 11.7 Å². The average Bonchev–Trinajstić information content (AvgIpc) is 2.31. The lowest BCUT2D eigenvalue weighted by molar-refractivity contribution is 0.401. The largest absolute Gasteiger partial charge is 0.508 e. The lowest BCUT2D eigenvalue weighted by Gasteiger charge is -2.23. The number of hydrogen-bond donors (Lipinski definition) is 2. The van der Waals surface area contributed by atoms with Crippen molar-refractivity contribution in [2.45, 2.75) is 18.8 Å². The highest BCUT2D eigenvalue weighted by molar-refractivity contribution is 5.41. The number of aromatic hydroxyl groups is 1.